The van der Waals surface area contributed by atoms with Crippen LogP contribution in [0.3, 0.4) is 0 Å². The fraction of sp³-hybridized carbons (Fsp3) is 0.529. The summed E-state index contributed by atoms with van der Waals surface area (Å²) in [5.41, 5.74) is 0.858. The van der Waals surface area contributed by atoms with Gasteiger partial charge in [-0.1, -0.05) is 13.8 Å². The van der Waals surface area contributed by atoms with E-state index < -0.39 is 21.9 Å². The van der Waals surface area contributed by atoms with E-state index in [9.17, 15) is 18.3 Å². The van der Waals surface area contributed by atoms with Crippen molar-refractivity contribution in [3.8, 4) is 0 Å². The molecule has 2 rings (SSSR count). The number of carbonyl (C=O) groups is 1. The van der Waals surface area contributed by atoms with Crippen LogP contribution in [0.1, 0.15) is 40.2 Å². The maximum Gasteiger partial charge on any atom is 0.307 e. The fourth-order valence-electron chi connectivity index (χ4n) is 2.74. The Morgan fingerprint density at radius 3 is 2.52 bits per heavy atom. The number of hydrogen-bond donors (Lipinski definition) is 2. The second-order valence-electron chi connectivity index (χ2n) is 6.92. The Labute approximate surface area is 148 Å². The van der Waals surface area contributed by atoms with Gasteiger partial charge in [-0.2, -0.15) is 5.10 Å². The molecule has 2 N–H and O–H groups in total. The van der Waals surface area contributed by atoms with Crippen LogP contribution in [-0.4, -0.2) is 35.8 Å². The van der Waals surface area contributed by atoms with Gasteiger partial charge >= 0.3 is 5.97 Å². The Hall–Kier alpha value is -1.93. The summed E-state index contributed by atoms with van der Waals surface area (Å²) in [6.45, 7) is 7.69. The van der Waals surface area contributed by atoms with E-state index in [4.69, 9.17) is 0 Å². The topological polar surface area (TPSA) is 101 Å². The first-order chi connectivity index (χ1) is 11.6. The highest BCUT2D eigenvalue weighted by molar-refractivity contribution is 7.89. The van der Waals surface area contributed by atoms with Crippen LogP contribution >= 0.6 is 0 Å². The first-order valence-corrected chi connectivity index (χ1v) is 9.80. The molecule has 1 aromatic heterocycles. The predicted octanol–water partition coefficient (Wildman–Crippen LogP) is 2.64. The third kappa shape index (κ3) is 4.58. The Balaban J connectivity index is 2.21. The Morgan fingerprint density at radius 2 is 1.96 bits per heavy atom. The third-order valence-electron chi connectivity index (χ3n) is 3.99. The van der Waals surface area contributed by atoms with Crippen LogP contribution in [0.25, 0.3) is 10.9 Å². The maximum absolute atomic E-state index is 12.5. The summed E-state index contributed by atoms with van der Waals surface area (Å²) in [5, 5.41) is 14.2. The van der Waals surface area contributed by atoms with Crippen molar-refractivity contribution >= 4 is 26.9 Å². The Kier molecular flexibility index (Phi) is 5.84. The SMILES string of the molecule is CC(C)CC(CNS(=O)(=O)c1ccc2c(cnn2C(C)C)c1)C(=O)O. The van der Waals surface area contributed by atoms with Crippen molar-refractivity contribution in [2.24, 2.45) is 11.8 Å². The smallest absolute Gasteiger partial charge is 0.307 e. The standard InChI is InChI=1S/C17H25N3O4S/c1-11(2)7-14(17(21)22)10-19-25(23,24)15-5-6-16-13(8-15)9-18-20(16)12(3)4/h5-6,8-9,11-12,14,19H,7,10H2,1-4H3,(H,21,22). The van der Waals surface area contributed by atoms with Crippen LogP contribution in [0.15, 0.2) is 29.3 Å². The molecule has 0 aliphatic rings. The van der Waals surface area contributed by atoms with Crippen molar-refractivity contribution in [1.82, 2.24) is 14.5 Å². The molecule has 0 saturated heterocycles. The van der Waals surface area contributed by atoms with Crippen molar-refractivity contribution in [2.75, 3.05) is 6.54 Å². The number of hydrogen-bond acceptors (Lipinski definition) is 4. The first kappa shape index (κ1) is 19.4. The van der Waals surface area contributed by atoms with Gasteiger partial charge in [0, 0.05) is 18.0 Å². The summed E-state index contributed by atoms with van der Waals surface area (Å²) < 4.78 is 29.2. The zero-order valence-corrected chi connectivity index (χ0v) is 15.7. The van der Waals surface area contributed by atoms with Gasteiger partial charge in [0.1, 0.15) is 0 Å². The highest BCUT2D eigenvalue weighted by atomic mass is 32.2. The molecule has 138 valence electrons. The number of aromatic nitrogens is 2. The van der Waals surface area contributed by atoms with Crippen LogP contribution in [0.2, 0.25) is 0 Å². The number of sulfonamides is 1. The number of benzene rings is 1. The molecule has 1 unspecified atom stereocenters. The molecular formula is C17H25N3O4S. The molecule has 25 heavy (non-hydrogen) atoms. The van der Waals surface area contributed by atoms with Gasteiger partial charge in [-0.15, -0.1) is 0 Å². The van der Waals surface area contributed by atoms with Crippen molar-refractivity contribution in [1.29, 1.82) is 0 Å². The van der Waals surface area contributed by atoms with E-state index in [0.717, 1.165) is 10.9 Å². The van der Waals surface area contributed by atoms with Crippen molar-refractivity contribution in [3.63, 3.8) is 0 Å². The quantitative estimate of drug-likeness (QED) is 0.747. The van der Waals surface area contributed by atoms with E-state index >= 15 is 0 Å². The van der Waals surface area contributed by atoms with Gasteiger partial charge in [-0.05, 0) is 44.4 Å². The van der Waals surface area contributed by atoms with Crippen molar-refractivity contribution in [2.45, 2.75) is 45.1 Å². The zero-order valence-electron chi connectivity index (χ0n) is 14.9. The summed E-state index contributed by atoms with van der Waals surface area (Å²) in [6, 6.07) is 4.97. The second kappa shape index (κ2) is 7.53. The van der Waals surface area contributed by atoms with Crippen LogP contribution < -0.4 is 4.72 Å². The Morgan fingerprint density at radius 1 is 1.28 bits per heavy atom. The normalized spacial score (nSPS) is 13.7. The molecule has 1 heterocycles. The lowest BCUT2D eigenvalue weighted by atomic mass is 9.98. The number of fused-ring (bicyclic) bond motifs is 1. The van der Waals surface area contributed by atoms with Gasteiger partial charge in [-0.3, -0.25) is 9.48 Å². The van der Waals surface area contributed by atoms with Gasteiger partial charge in [0.15, 0.2) is 0 Å². The lowest BCUT2D eigenvalue weighted by Gasteiger charge is -2.15. The number of aliphatic carboxylic acids is 1. The van der Waals surface area contributed by atoms with Gasteiger partial charge in [0.2, 0.25) is 10.0 Å². The van der Waals surface area contributed by atoms with E-state index in [1.54, 1.807) is 18.3 Å². The molecule has 1 atom stereocenters. The predicted molar refractivity (Wildman–Crippen MR) is 95.9 cm³/mol. The number of nitrogens with zero attached hydrogens (tertiary/aromatic N) is 2. The van der Waals surface area contributed by atoms with Gasteiger partial charge in [0.05, 0.1) is 22.5 Å². The van der Waals surface area contributed by atoms with Crippen LogP contribution in [0.5, 0.6) is 0 Å². The number of carboxylic acid groups (broad SMARTS) is 1. The average Bonchev–Trinajstić information content (AvgIpc) is 2.94. The lowest BCUT2D eigenvalue weighted by Crippen LogP contribution is -2.33. The molecule has 0 bridgehead atoms. The van der Waals surface area contributed by atoms with E-state index in [-0.39, 0.29) is 23.4 Å². The van der Waals surface area contributed by atoms with Crippen LogP contribution in [0.4, 0.5) is 0 Å². The summed E-state index contributed by atoms with van der Waals surface area (Å²) in [5.74, 6) is -1.57. The highest BCUT2D eigenvalue weighted by Gasteiger charge is 2.23. The molecule has 7 nitrogen and oxygen atoms in total. The number of nitrogens with one attached hydrogen (secondary N) is 1. The monoisotopic (exact) mass is 367 g/mol. The minimum absolute atomic E-state index is 0.108. The van der Waals surface area contributed by atoms with Crippen molar-refractivity contribution < 1.29 is 18.3 Å². The minimum Gasteiger partial charge on any atom is -0.481 e. The van der Waals surface area contributed by atoms with Crippen molar-refractivity contribution in [3.05, 3.63) is 24.4 Å². The molecule has 0 aliphatic heterocycles. The fourth-order valence-corrected chi connectivity index (χ4v) is 3.86. The summed E-state index contributed by atoms with van der Waals surface area (Å²) in [7, 11) is -3.78. The van der Waals surface area contributed by atoms with E-state index in [2.05, 4.69) is 9.82 Å². The zero-order chi connectivity index (χ0) is 18.8. The minimum atomic E-state index is -3.78. The average molecular weight is 367 g/mol. The molecule has 0 aliphatic carbocycles. The molecule has 2 aromatic rings. The van der Waals surface area contributed by atoms with Gasteiger partial charge in [0.25, 0.3) is 0 Å². The second-order valence-corrected chi connectivity index (χ2v) is 8.69. The molecule has 0 saturated carbocycles. The molecule has 0 radical (unpaired) electrons. The van der Waals surface area contributed by atoms with E-state index in [1.165, 1.54) is 6.07 Å². The molecule has 8 heteroatoms. The molecule has 0 fully saturated rings. The third-order valence-corrected chi connectivity index (χ3v) is 5.41. The van der Waals surface area contributed by atoms with Gasteiger partial charge in [-0.25, -0.2) is 13.1 Å². The van der Waals surface area contributed by atoms with Crippen LogP contribution in [0, 0.1) is 11.8 Å². The molecule has 0 spiro atoms. The lowest BCUT2D eigenvalue weighted by molar-refractivity contribution is -0.142. The van der Waals surface area contributed by atoms with Crippen LogP contribution in [-0.2, 0) is 14.8 Å². The Bertz CT molecular complexity index is 856. The summed E-state index contributed by atoms with van der Waals surface area (Å²) >= 11 is 0. The van der Waals surface area contributed by atoms with Gasteiger partial charge < -0.3 is 5.11 Å². The van der Waals surface area contributed by atoms with E-state index in [1.807, 2.05) is 32.4 Å². The maximum atomic E-state index is 12.5. The molecule has 1 aromatic carbocycles. The summed E-state index contributed by atoms with van der Waals surface area (Å²) in [4.78, 5) is 11.4. The largest absolute Gasteiger partial charge is 0.481 e. The number of carboxylic acids is 1. The van der Waals surface area contributed by atoms with E-state index in [0.29, 0.717) is 6.42 Å². The number of rotatable bonds is 8. The summed E-state index contributed by atoms with van der Waals surface area (Å²) in [6.07, 6.45) is 2.05. The molecule has 0 amide bonds. The highest BCUT2D eigenvalue weighted by Crippen LogP contribution is 2.22. The first-order valence-electron chi connectivity index (χ1n) is 8.31. The molecular weight excluding hydrogens is 342 g/mol.